The molecule has 0 amide bonds. The Bertz CT molecular complexity index is 1190. The van der Waals surface area contributed by atoms with Crippen molar-refractivity contribution in [2.24, 2.45) is 0 Å². The number of hydrogen-bond acceptors (Lipinski definition) is 3. The maximum Gasteiger partial charge on any atom is 0.326 e. The summed E-state index contributed by atoms with van der Waals surface area (Å²) in [5, 5.41) is 1.51. The van der Waals surface area contributed by atoms with E-state index in [1.54, 1.807) is 0 Å². The molecule has 0 aliphatic heterocycles. The molecule has 0 aliphatic rings. The summed E-state index contributed by atoms with van der Waals surface area (Å²) in [7, 11) is -0.379. The summed E-state index contributed by atoms with van der Waals surface area (Å²) in [5.74, 6) is 0.249. The van der Waals surface area contributed by atoms with Crippen molar-refractivity contribution in [2.45, 2.75) is 17.3 Å². The number of halogens is 1. The quantitative estimate of drug-likeness (QED) is 0.0838. The van der Waals surface area contributed by atoms with Crippen LogP contribution in [-0.2, 0) is 4.79 Å². The monoisotopic (exact) mass is 501 g/mol. The van der Waals surface area contributed by atoms with Gasteiger partial charge in [0.15, 0.2) is 14.3 Å². The lowest BCUT2D eigenvalue weighted by atomic mass is 10.2. The van der Waals surface area contributed by atoms with E-state index < -0.39 is 3.42 Å². The fourth-order valence-corrected chi connectivity index (χ4v) is 5.51. The summed E-state index contributed by atoms with van der Waals surface area (Å²) >= 11 is 2.07. The topological polar surface area (TPSA) is 43.4 Å². The predicted molar refractivity (Wildman–Crippen MR) is 125 cm³/mol. The van der Waals surface area contributed by atoms with Crippen LogP contribution in [0.1, 0.15) is 13.8 Å². The first kappa shape index (κ1) is 19.1. The smallest absolute Gasteiger partial charge is 0.326 e. The van der Waals surface area contributed by atoms with Crippen LogP contribution in [0.4, 0.5) is 0 Å². The number of benzene rings is 3. The maximum absolute atomic E-state index is 12.9. The zero-order valence-corrected chi connectivity index (χ0v) is 18.4. The molecule has 5 heteroatoms. The van der Waals surface area contributed by atoms with Gasteiger partial charge in [0.25, 0.3) is 0 Å². The van der Waals surface area contributed by atoms with Gasteiger partial charge in [0.1, 0.15) is 9.17 Å². The lowest BCUT2D eigenvalue weighted by molar-refractivity contribution is -0.135. The zero-order valence-electron chi connectivity index (χ0n) is 15.4. The third-order valence-electron chi connectivity index (χ3n) is 4.46. The SMILES string of the molecule is CC(C)(I)C(=O)Oc1ccc(-[s+]2c3ccccc3c(=O)c3ccccc32)cc1. The molecular formula is C23H18IO3S+. The molecular weight excluding hydrogens is 483 g/mol. The van der Waals surface area contributed by atoms with Crippen LogP contribution in [0.15, 0.2) is 77.6 Å². The van der Waals surface area contributed by atoms with Gasteiger partial charge in [-0.1, -0.05) is 46.9 Å². The molecule has 0 radical (unpaired) electrons. The highest BCUT2D eigenvalue weighted by atomic mass is 127. The number of alkyl halides is 1. The first-order valence-electron chi connectivity index (χ1n) is 8.84. The van der Waals surface area contributed by atoms with Gasteiger partial charge in [-0.05, 0) is 50.2 Å². The van der Waals surface area contributed by atoms with Crippen molar-refractivity contribution in [3.63, 3.8) is 0 Å². The van der Waals surface area contributed by atoms with Crippen molar-refractivity contribution < 1.29 is 9.53 Å². The molecule has 1 aromatic heterocycles. The van der Waals surface area contributed by atoms with Crippen LogP contribution < -0.4 is 10.2 Å². The highest BCUT2D eigenvalue weighted by molar-refractivity contribution is 14.1. The molecule has 4 aromatic rings. The fourth-order valence-electron chi connectivity index (χ4n) is 3.05. The van der Waals surface area contributed by atoms with Gasteiger partial charge in [0.2, 0.25) is 5.43 Å². The first-order valence-corrected chi connectivity index (χ1v) is 11.1. The number of fused-ring (bicyclic) bond motifs is 2. The van der Waals surface area contributed by atoms with Gasteiger partial charge in [-0.3, -0.25) is 9.59 Å². The lowest BCUT2D eigenvalue weighted by Crippen LogP contribution is -2.28. The van der Waals surface area contributed by atoms with E-state index in [2.05, 4.69) is 22.6 Å². The molecule has 0 saturated heterocycles. The summed E-state index contributed by atoms with van der Waals surface area (Å²) in [5.41, 5.74) is 0.0739. The summed E-state index contributed by atoms with van der Waals surface area (Å²) in [6.07, 6.45) is 0. The Hall–Kier alpha value is -2.25. The zero-order chi connectivity index (χ0) is 19.9. The Morgan fingerprint density at radius 3 is 1.86 bits per heavy atom. The van der Waals surface area contributed by atoms with Crippen molar-refractivity contribution in [3.8, 4) is 10.6 Å². The molecule has 3 aromatic carbocycles. The van der Waals surface area contributed by atoms with E-state index in [9.17, 15) is 9.59 Å². The van der Waals surface area contributed by atoms with Crippen molar-refractivity contribution in [1.82, 2.24) is 0 Å². The van der Waals surface area contributed by atoms with Crippen LogP contribution in [-0.4, -0.2) is 9.39 Å². The van der Waals surface area contributed by atoms with Crippen molar-refractivity contribution in [1.29, 1.82) is 0 Å². The van der Waals surface area contributed by atoms with Crippen LogP contribution in [0.25, 0.3) is 25.1 Å². The highest BCUT2D eigenvalue weighted by Crippen LogP contribution is 2.43. The first-order chi connectivity index (χ1) is 13.4. The average molecular weight is 501 g/mol. The minimum absolute atomic E-state index is 0.0739. The van der Waals surface area contributed by atoms with Crippen LogP contribution in [0.3, 0.4) is 0 Å². The molecule has 0 spiro atoms. The molecule has 140 valence electrons. The molecule has 0 bridgehead atoms. The fraction of sp³-hybridized carbons (Fsp3) is 0.130. The highest BCUT2D eigenvalue weighted by Gasteiger charge is 2.26. The van der Waals surface area contributed by atoms with E-state index in [4.69, 9.17) is 4.74 Å². The number of hydrogen-bond donors (Lipinski definition) is 0. The lowest BCUT2D eigenvalue weighted by Gasteiger charge is -2.14. The number of carbonyl (C=O) groups is 1. The molecule has 0 unspecified atom stereocenters. The second-order valence-corrected chi connectivity index (χ2v) is 11.6. The molecule has 0 aliphatic carbocycles. The molecule has 3 nitrogen and oxygen atoms in total. The third-order valence-corrected chi connectivity index (χ3v) is 7.23. The Morgan fingerprint density at radius 1 is 0.857 bits per heavy atom. The molecule has 1 heterocycles. The Labute approximate surface area is 179 Å². The number of rotatable bonds is 3. The molecule has 0 atom stereocenters. The number of esters is 1. The van der Waals surface area contributed by atoms with E-state index in [0.29, 0.717) is 5.75 Å². The normalized spacial score (nSPS) is 11.7. The van der Waals surface area contributed by atoms with Gasteiger partial charge in [-0.25, -0.2) is 0 Å². The standard InChI is InChI=1S/C23H18IO3S/c1-23(2,24)22(26)27-15-11-13-16(14-12-15)28-19-9-5-3-7-17(19)21(25)18-8-4-6-10-20(18)28/h3-14H,1-2H3/q+1. The summed E-state index contributed by atoms with van der Waals surface area (Å²) in [4.78, 5) is 26.1. The van der Waals surface area contributed by atoms with E-state index >= 15 is 0 Å². The molecule has 0 N–H and O–H groups in total. The van der Waals surface area contributed by atoms with E-state index in [0.717, 1.165) is 25.1 Å². The van der Waals surface area contributed by atoms with Crippen molar-refractivity contribution in [2.75, 3.05) is 0 Å². The van der Waals surface area contributed by atoms with Gasteiger partial charge in [0.05, 0.1) is 10.8 Å². The molecule has 0 fully saturated rings. The average Bonchev–Trinajstić information content (AvgIpc) is 2.69. The van der Waals surface area contributed by atoms with E-state index in [-0.39, 0.29) is 21.9 Å². The second-order valence-electron chi connectivity index (χ2n) is 6.96. The van der Waals surface area contributed by atoms with Crippen LogP contribution in [0.5, 0.6) is 5.75 Å². The summed E-state index contributed by atoms with van der Waals surface area (Å²) in [6.45, 7) is 3.64. The third kappa shape index (κ3) is 3.44. The second kappa shape index (κ2) is 7.29. The minimum atomic E-state index is -0.584. The number of carbonyl (C=O) groups excluding carboxylic acids is 1. The maximum atomic E-state index is 12.9. The number of ether oxygens (including phenoxy) is 1. The van der Waals surface area contributed by atoms with E-state index in [1.807, 2.05) is 86.6 Å². The Morgan fingerprint density at radius 2 is 1.36 bits per heavy atom. The molecule has 4 rings (SSSR count). The molecule has 0 saturated carbocycles. The van der Waals surface area contributed by atoms with Gasteiger partial charge in [-0.15, -0.1) is 0 Å². The Kier molecular flexibility index (Phi) is 4.97. The summed E-state index contributed by atoms with van der Waals surface area (Å²) < 4.78 is 6.96. The van der Waals surface area contributed by atoms with Gasteiger partial charge < -0.3 is 4.74 Å². The van der Waals surface area contributed by atoms with E-state index in [1.165, 1.54) is 0 Å². The summed E-state index contributed by atoms with van der Waals surface area (Å²) in [6, 6.07) is 23.2. The largest absolute Gasteiger partial charge is 0.426 e. The predicted octanol–water partition coefficient (Wildman–Crippen LogP) is 6.21. The van der Waals surface area contributed by atoms with Crippen LogP contribution in [0.2, 0.25) is 0 Å². The van der Waals surface area contributed by atoms with Crippen molar-refractivity contribution in [3.05, 3.63) is 83.0 Å². The molecule has 28 heavy (non-hydrogen) atoms. The minimum Gasteiger partial charge on any atom is -0.426 e. The van der Waals surface area contributed by atoms with Gasteiger partial charge in [0, 0.05) is 22.6 Å². The van der Waals surface area contributed by atoms with Crippen LogP contribution in [0, 0.1) is 0 Å². The van der Waals surface area contributed by atoms with Crippen molar-refractivity contribution >= 4 is 59.2 Å². The van der Waals surface area contributed by atoms with Crippen LogP contribution >= 0.6 is 33.1 Å². The van der Waals surface area contributed by atoms with Gasteiger partial charge in [-0.2, -0.15) is 0 Å². The Balaban J connectivity index is 1.88. The van der Waals surface area contributed by atoms with Gasteiger partial charge >= 0.3 is 5.97 Å².